The van der Waals surface area contributed by atoms with Gasteiger partial charge in [0.15, 0.2) is 6.33 Å². The maximum Gasteiger partial charge on any atom is 0.369 e. The Hall–Kier alpha value is -1.41. The van der Waals surface area contributed by atoms with Gasteiger partial charge in [-0.25, -0.2) is 4.98 Å². The molecule has 17 heavy (non-hydrogen) atoms. The number of hydrogen-bond donors (Lipinski definition) is 1. The Kier molecular flexibility index (Phi) is 5.64. The highest BCUT2D eigenvalue weighted by Crippen LogP contribution is 2.21. The van der Waals surface area contributed by atoms with Crippen LogP contribution in [0.25, 0.3) is 0 Å². The molecule has 0 fully saturated rings. The molecule has 0 unspecified atom stereocenters. The van der Waals surface area contributed by atoms with Crippen LogP contribution in [0.1, 0.15) is 0 Å². The summed E-state index contributed by atoms with van der Waals surface area (Å²) in [4.78, 5) is 16.0. The lowest BCUT2D eigenvalue weighted by atomic mass is 10.6. The van der Waals surface area contributed by atoms with Crippen molar-refractivity contribution in [1.29, 1.82) is 0 Å². The highest BCUT2D eigenvalue weighted by atomic mass is 35.5. The van der Waals surface area contributed by atoms with Crippen LogP contribution in [0, 0.1) is 10.1 Å². The van der Waals surface area contributed by atoms with E-state index in [1.807, 2.05) is 0 Å². The molecule has 1 rings (SSSR count). The Balaban J connectivity index is 2.73. The zero-order chi connectivity index (χ0) is 12.7. The zero-order valence-corrected chi connectivity index (χ0v) is 10.2. The van der Waals surface area contributed by atoms with Gasteiger partial charge in [0.05, 0.1) is 13.1 Å². The summed E-state index contributed by atoms with van der Waals surface area (Å²) in [5.41, 5.74) is 0. The number of nitrogens with zero attached hydrogens (tertiary/aromatic N) is 5. The van der Waals surface area contributed by atoms with Crippen molar-refractivity contribution in [2.75, 3.05) is 24.8 Å². The summed E-state index contributed by atoms with van der Waals surface area (Å²) in [6, 6.07) is 0. The minimum absolute atomic E-state index is 0.0795. The van der Waals surface area contributed by atoms with Crippen molar-refractivity contribution in [3.05, 3.63) is 16.4 Å². The molecule has 0 aliphatic rings. The molecule has 0 radical (unpaired) electrons. The number of nitro groups is 1. The van der Waals surface area contributed by atoms with Gasteiger partial charge in [-0.1, -0.05) is 5.22 Å². The van der Waals surface area contributed by atoms with E-state index in [-0.39, 0.29) is 11.6 Å². The summed E-state index contributed by atoms with van der Waals surface area (Å²) in [7, 11) is 0. The van der Waals surface area contributed by atoms with Crippen molar-refractivity contribution in [3.8, 4) is 0 Å². The lowest BCUT2D eigenvalue weighted by Gasteiger charge is -2.13. The fraction of sp³-hybridized carbons (Fsp3) is 0.571. The number of H-pyrrole nitrogens is 1. The summed E-state index contributed by atoms with van der Waals surface area (Å²) >= 11 is 11.1. The first-order chi connectivity index (χ1) is 8.19. The Morgan fingerprint density at radius 1 is 1.47 bits per heavy atom. The van der Waals surface area contributed by atoms with Crippen LogP contribution in [0.3, 0.4) is 0 Å². The summed E-state index contributed by atoms with van der Waals surface area (Å²) in [6.07, 6.45) is 1.18. The molecule has 1 aromatic rings. The highest BCUT2D eigenvalue weighted by Gasteiger charge is 2.14. The zero-order valence-electron chi connectivity index (χ0n) is 8.71. The van der Waals surface area contributed by atoms with E-state index in [1.54, 1.807) is 0 Å². The van der Waals surface area contributed by atoms with Gasteiger partial charge in [-0.05, 0) is 4.92 Å². The average molecular weight is 281 g/mol. The van der Waals surface area contributed by atoms with Crippen LogP contribution in [-0.4, -0.2) is 44.7 Å². The topological polar surface area (TPSA) is 99.8 Å². The van der Waals surface area contributed by atoms with Gasteiger partial charge < -0.3 is 10.1 Å². The van der Waals surface area contributed by atoms with Crippen molar-refractivity contribution in [3.63, 3.8) is 0 Å². The number of alkyl halides is 2. The van der Waals surface area contributed by atoms with E-state index in [1.165, 1.54) is 11.3 Å². The average Bonchev–Trinajstić information content (AvgIpc) is 2.74. The number of aromatic nitrogens is 2. The molecule has 0 amide bonds. The van der Waals surface area contributed by atoms with E-state index in [4.69, 9.17) is 23.2 Å². The van der Waals surface area contributed by atoms with E-state index in [0.29, 0.717) is 24.8 Å². The van der Waals surface area contributed by atoms with Crippen LogP contribution in [0.4, 0.5) is 11.6 Å². The van der Waals surface area contributed by atoms with Crippen LogP contribution in [0.5, 0.6) is 0 Å². The van der Waals surface area contributed by atoms with Crippen LogP contribution in [-0.2, 0) is 0 Å². The lowest BCUT2D eigenvalue weighted by Crippen LogP contribution is -2.21. The van der Waals surface area contributed by atoms with Crippen LogP contribution >= 0.6 is 23.2 Å². The smallest absolute Gasteiger partial charge is 0.358 e. The fourth-order valence-electron chi connectivity index (χ4n) is 0.990. The summed E-state index contributed by atoms with van der Waals surface area (Å²) in [5.74, 6) is 0.339. The Morgan fingerprint density at radius 3 is 2.65 bits per heavy atom. The Bertz CT molecular complexity index is 389. The van der Waals surface area contributed by atoms with Gasteiger partial charge in [-0.15, -0.1) is 28.3 Å². The molecule has 0 saturated heterocycles. The summed E-state index contributed by atoms with van der Waals surface area (Å²) < 4.78 is 0. The summed E-state index contributed by atoms with van der Waals surface area (Å²) in [5, 5.41) is 19.5. The van der Waals surface area contributed by atoms with E-state index >= 15 is 0 Å². The van der Waals surface area contributed by atoms with Gasteiger partial charge in [-0.2, -0.15) is 4.98 Å². The van der Waals surface area contributed by atoms with Crippen molar-refractivity contribution < 1.29 is 4.92 Å². The van der Waals surface area contributed by atoms with E-state index < -0.39 is 4.92 Å². The van der Waals surface area contributed by atoms with Gasteiger partial charge in [0.2, 0.25) is 0 Å². The molecule has 1 heterocycles. The summed E-state index contributed by atoms with van der Waals surface area (Å²) in [6.45, 7) is 0.909. The predicted molar refractivity (Wildman–Crippen MR) is 62.8 cm³/mol. The molecule has 0 atom stereocenters. The molecular formula is C7H10Cl2N6O2. The van der Waals surface area contributed by atoms with Crippen molar-refractivity contribution in [1.82, 2.24) is 15.0 Å². The maximum atomic E-state index is 10.6. The second-order valence-electron chi connectivity index (χ2n) is 2.85. The van der Waals surface area contributed by atoms with Gasteiger partial charge in [0.1, 0.15) is 0 Å². The van der Waals surface area contributed by atoms with Gasteiger partial charge >= 0.3 is 5.82 Å². The third kappa shape index (κ3) is 4.16. The second-order valence-corrected chi connectivity index (χ2v) is 3.61. The molecule has 0 aliphatic heterocycles. The van der Waals surface area contributed by atoms with Gasteiger partial charge in [0.25, 0.3) is 5.82 Å². The lowest BCUT2D eigenvalue weighted by molar-refractivity contribution is -0.388. The molecule has 0 aromatic carbocycles. The minimum atomic E-state index is -0.616. The van der Waals surface area contributed by atoms with Gasteiger partial charge in [-0.3, -0.25) is 5.01 Å². The quantitative estimate of drug-likeness (QED) is 0.358. The number of nitrogens with one attached hydrogen (secondary N) is 1. The SMILES string of the molecule is O=[N+]([O-])c1[nH]cnc1/N=N/N(CCCl)CCCl. The first kappa shape index (κ1) is 13.7. The number of aromatic amines is 1. The van der Waals surface area contributed by atoms with E-state index in [9.17, 15) is 10.1 Å². The van der Waals surface area contributed by atoms with E-state index in [2.05, 4.69) is 20.3 Å². The monoisotopic (exact) mass is 280 g/mol. The number of rotatable bonds is 7. The van der Waals surface area contributed by atoms with Gasteiger partial charge in [0, 0.05) is 11.8 Å². The first-order valence-electron chi connectivity index (χ1n) is 4.65. The maximum absolute atomic E-state index is 10.6. The molecule has 0 saturated carbocycles. The molecule has 1 aromatic heterocycles. The molecule has 94 valence electrons. The predicted octanol–water partition coefficient (Wildman–Crippen LogP) is 2.10. The third-order valence-corrected chi connectivity index (χ3v) is 2.07. The molecule has 8 nitrogen and oxygen atoms in total. The van der Waals surface area contributed by atoms with Crippen LogP contribution in [0.15, 0.2) is 16.7 Å². The van der Waals surface area contributed by atoms with Crippen LogP contribution < -0.4 is 0 Å². The normalized spacial score (nSPS) is 10.9. The number of imidazole rings is 1. The fourth-order valence-corrected chi connectivity index (χ4v) is 1.38. The largest absolute Gasteiger partial charge is 0.369 e. The Morgan fingerprint density at radius 2 is 2.12 bits per heavy atom. The van der Waals surface area contributed by atoms with Crippen LogP contribution in [0.2, 0.25) is 0 Å². The van der Waals surface area contributed by atoms with Crippen molar-refractivity contribution in [2.24, 2.45) is 10.3 Å². The standard InChI is InChI=1S/C7H10Cl2N6O2/c8-1-3-14(4-2-9)13-12-6-7(15(16)17)11-5-10-6/h5H,1-4H2,(H,10,11)/b13-12+. The number of halogens is 2. The second kappa shape index (κ2) is 7.02. The molecule has 1 N–H and O–H groups in total. The van der Waals surface area contributed by atoms with Crippen molar-refractivity contribution in [2.45, 2.75) is 0 Å². The van der Waals surface area contributed by atoms with E-state index in [0.717, 1.165) is 0 Å². The molecular weight excluding hydrogens is 271 g/mol. The molecule has 0 bridgehead atoms. The number of hydrogen-bond acceptors (Lipinski definition) is 5. The minimum Gasteiger partial charge on any atom is -0.358 e. The van der Waals surface area contributed by atoms with Crippen molar-refractivity contribution >= 4 is 34.8 Å². The first-order valence-corrected chi connectivity index (χ1v) is 5.72. The molecule has 10 heteroatoms. The third-order valence-electron chi connectivity index (χ3n) is 1.73. The molecule has 0 spiro atoms. The molecule has 0 aliphatic carbocycles. The highest BCUT2D eigenvalue weighted by molar-refractivity contribution is 6.18. The Labute approximate surface area is 107 Å².